The number of nitrogens with two attached hydrogens (primary N) is 1. The van der Waals surface area contributed by atoms with Crippen LogP contribution in [-0.2, 0) is 4.79 Å². The maximum Gasteiger partial charge on any atom is 0.255 e. The van der Waals surface area contributed by atoms with E-state index in [1.54, 1.807) is 0 Å². The van der Waals surface area contributed by atoms with Crippen LogP contribution in [0.5, 0.6) is 0 Å². The van der Waals surface area contributed by atoms with Crippen molar-refractivity contribution >= 4 is 5.91 Å². The van der Waals surface area contributed by atoms with E-state index >= 15 is 0 Å². The molecule has 3 nitrogen and oxygen atoms in total. The number of amides is 1. The number of hydrogen-bond acceptors (Lipinski definition) is 2. The molecule has 0 aliphatic carbocycles. The Kier molecular flexibility index (Phi) is 5.60. The maximum atomic E-state index is 12.0. The Morgan fingerprint density at radius 1 is 1.50 bits per heavy atom. The van der Waals surface area contributed by atoms with Gasteiger partial charge in [0.15, 0.2) is 0 Å². The molecule has 2 N–H and O–H groups in total. The third-order valence-corrected chi connectivity index (χ3v) is 2.33. The van der Waals surface area contributed by atoms with Gasteiger partial charge < -0.3 is 10.6 Å². The molecule has 0 aromatic carbocycles. The Morgan fingerprint density at radius 2 is 2.00 bits per heavy atom. The standard InChI is InChI=1S/C9H18F2N2O/c1-4-6(2)8(12)9(14)13(3)5-7(10)11/h6-8H,4-5,12H2,1-3H3/t6-,8-/m0/s1. The molecule has 2 atom stereocenters. The van der Waals surface area contributed by atoms with Crippen LogP contribution in [0.3, 0.4) is 0 Å². The summed E-state index contributed by atoms with van der Waals surface area (Å²) in [5.41, 5.74) is 5.61. The van der Waals surface area contributed by atoms with Crippen LogP contribution >= 0.6 is 0 Å². The van der Waals surface area contributed by atoms with E-state index in [9.17, 15) is 13.6 Å². The van der Waals surface area contributed by atoms with Gasteiger partial charge >= 0.3 is 0 Å². The summed E-state index contributed by atoms with van der Waals surface area (Å²) in [6.45, 7) is 3.19. The topological polar surface area (TPSA) is 46.3 Å². The van der Waals surface area contributed by atoms with Crippen molar-refractivity contribution in [2.75, 3.05) is 13.6 Å². The molecular formula is C9H18F2N2O. The van der Waals surface area contributed by atoms with Crippen LogP contribution < -0.4 is 5.73 Å². The van der Waals surface area contributed by atoms with Gasteiger partial charge in [0.1, 0.15) is 0 Å². The van der Waals surface area contributed by atoms with E-state index in [0.717, 1.165) is 11.3 Å². The van der Waals surface area contributed by atoms with Crippen LogP contribution in [0.2, 0.25) is 0 Å². The molecule has 14 heavy (non-hydrogen) atoms. The molecule has 1 amide bonds. The molecule has 0 saturated carbocycles. The van der Waals surface area contributed by atoms with E-state index in [1.807, 2.05) is 13.8 Å². The van der Waals surface area contributed by atoms with Gasteiger partial charge in [0.25, 0.3) is 6.43 Å². The van der Waals surface area contributed by atoms with Gasteiger partial charge in [-0.05, 0) is 5.92 Å². The Morgan fingerprint density at radius 3 is 2.36 bits per heavy atom. The predicted octanol–water partition coefficient (Wildman–Crippen LogP) is 1.08. The summed E-state index contributed by atoms with van der Waals surface area (Å²) in [5.74, 6) is -0.401. The zero-order valence-electron chi connectivity index (χ0n) is 8.84. The van der Waals surface area contributed by atoms with Crippen LogP contribution in [0.4, 0.5) is 8.78 Å². The van der Waals surface area contributed by atoms with Crippen molar-refractivity contribution in [2.45, 2.75) is 32.7 Å². The molecule has 0 bridgehead atoms. The number of hydrogen-bond donors (Lipinski definition) is 1. The molecule has 84 valence electrons. The number of nitrogens with zero attached hydrogens (tertiary/aromatic N) is 1. The third kappa shape index (κ3) is 4.00. The highest BCUT2D eigenvalue weighted by atomic mass is 19.3. The summed E-state index contributed by atoms with van der Waals surface area (Å²) in [6, 6.07) is -0.677. The summed E-state index contributed by atoms with van der Waals surface area (Å²) in [7, 11) is 1.34. The van der Waals surface area contributed by atoms with Crippen LogP contribution in [0, 0.1) is 5.92 Å². The number of carbonyl (C=O) groups is 1. The van der Waals surface area contributed by atoms with Gasteiger partial charge in [-0.25, -0.2) is 8.78 Å². The predicted molar refractivity (Wildman–Crippen MR) is 51.1 cm³/mol. The lowest BCUT2D eigenvalue weighted by Gasteiger charge is -2.24. The Hall–Kier alpha value is -0.710. The third-order valence-electron chi connectivity index (χ3n) is 2.33. The molecule has 0 spiro atoms. The average molecular weight is 208 g/mol. The first-order chi connectivity index (χ1) is 6.40. The first kappa shape index (κ1) is 13.3. The summed E-state index contributed by atoms with van der Waals surface area (Å²) >= 11 is 0. The minimum absolute atomic E-state index is 0.0163. The van der Waals surface area contributed by atoms with Gasteiger partial charge in [0.2, 0.25) is 5.91 Å². The van der Waals surface area contributed by atoms with Crippen LogP contribution in [0.1, 0.15) is 20.3 Å². The molecule has 0 fully saturated rings. The molecule has 0 saturated heterocycles. The highest BCUT2D eigenvalue weighted by Gasteiger charge is 2.24. The van der Waals surface area contributed by atoms with E-state index in [-0.39, 0.29) is 5.92 Å². The Balaban J connectivity index is 4.17. The molecule has 0 aromatic rings. The van der Waals surface area contributed by atoms with Gasteiger partial charge in [-0.3, -0.25) is 4.79 Å². The van der Waals surface area contributed by atoms with E-state index < -0.39 is 24.9 Å². The molecule has 0 aliphatic rings. The van der Waals surface area contributed by atoms with Gasteiger partial charge in [-0.1, -0.05) is 20.3 Å². The lowest BCUT2D eigenvalue weighted by molar-refractivity contribution is -0.134. The van der Waals surface area contributed by atoms with Crippen molar-refractivity contribution in [3.63, 3.8) is 0 Å². The minimum Gasteiger partial charge on any atom is -0.339 e. The summed E-state index contributed by atoms with van der Waals surface area (Å²) in [4.78, 5) is 12.4. The van der Waals surface area contributed by atoms with Gasteiger partial charge in [0.05, 0.1) is 12.6 Å². The second kappa shape index (κ2) is 5.90. The largest absolute Gasteiger partial charge is 0.339 e. The van der Waals surface area contributed by atoms with E-state index in [1.165, 1.54) is 7.05 Å². The number of likely N-dealkylation sites (N-methyl/N-ethyl adjacent to an activating group) is 1. The van der Waals surface area contributed by atoms with Crippen molar-refractivity contribution in [1.82, 2.24) is 4.90 Å². The van der Waals surface area contributed by atoms with Crippen molar-refractivity contribution in [1.29, 1.82) is 0 Å². The van der Waals surface area contributed by atoms with Crippen molar-refractivity contribution < 1.29 is 13.6 Å². The number of carbonyl (C=O) groups excluding carboxylic acids is 1. The molecule has 0 heterocycles. The average Bonchev–Trinajstić information content (AvgIpc) is 2.13. The first-order valence-electron chi connectivity index (χ1n) is 4.68. The Labute approximate surface area is 83.3 Å². The monoisotopic (exact) mass is 208 g/mol. The molecule has 0 unspecified atom stereocenters. The molecular weight excluding hydrogens is 190 g/mol. The molecule has 0 aliphatic heterocycles. The van der Waals surface area contributed by atoms with Crippen LogP contribution in [0.25, 0.3) is 0 Å². The number of alkyl halides is 2. The summed E-state index contributed by atoms with van der Waals surface area (Å²) in [6.07, 6.45) is -1.75. The van der Waals surface area contributed by atoms with Crippen molar-refractivity contribution in [3.05, 3.63) is 0 Å². The highest BCUT2D eigenvalue weighted by molar-refractivity contribution is 5.81. The highest BCUT2D eigenvalue weighted by Crippen LogP contribution is 2.08. The number of rotatable bonds is 5. The van der Waals surface area contributed by atoms with Gasteiger partial charge in [-0.2, -0.15) is 0 Å². The molecule has 5 heteroatoms. The van der Waals surface area contributed by atoms with E-state index in [2.05, 4.69) is 0 Å². The first-order valence-corrected chi connectivity index (χ1v) is 4.68. The fraction of sp³-hybridized carbons (Fsp3) is 0.889. The lowest BCUT2D eigenvalue weighted by Crippen LogP contribution is -2.46. The zero-order valence-corrected chi connectivity index (χ0v) is 8.84. The van der Waals surface area contributed by atoms with Crippen LogP contribution in [0.15, 0.2) is 0 Å². The fourth-order valence-corrected chi connectivity index (χ4v) is 1.05. The second-order valence-electron chi connectivity index (χ2n) is 3.52. The zero-order chi connectivity index (χ0) is 11.3. The number of halogens is 2. The van der Waals surface area contributed by atoms with Gasteiger partial charge in [-0.15, -0.1) is 0 Å². The molecule has 0 rings (SSSR count). The van der Waals surface area contributed by atoms with E-state index in [4.69, 9.17) is 5.73 Å². The SMILES string of the molecule is CC[C@H](C)[C@H](N)C(=O)N(C)CC(F)F. The molecule has 0 radical (unpaired) electrons. The Bertz CT molecular complexity index is 188. The maximum absolute atomic E-state index is 12.0. The van der Waals surface area contributed by atoms with E-state index in [0.29, 0.717) is 0 Å². The smallest absolute Gasteiger partial charge is 0.255 e. The normalized spacial score (nSPS) is 15.4. The quantitative estimate of drug-likeness (QED) is 0.735. The summed E-state index contributed by atoms with van der Waals surface area (Å²) < 4.78 is 23.9. The van der Waals surface area contributed by atoms with Crippen molar-refractivity contribution in [2.24, 2.45) is 11.7 Å². The second-order valence-corrected chi connectivity index (χ2v) is 3.52. The van der Waals surface area contributed by atoms with Crippen LogP contribution in [-0.4, -0.2) is 36.9 Å². The lowest BCUT2D eigenvalue weighted by atomic mass is 9.99. The minimum atomic E-state index is -2.51. The van der Waals surface area contributed by atoms with Crippen molar-refractivity contribution in [3.8, 4) is 0 Å². The van der Waals surface area contributed by atoms with Gasteiger partial charge in [0, 0.05) is 7.05 Å². The summed E-state index contributed by atoms with van der Waals surface area (Å²) in [5, 5.41) is 0. The fourth-order valence-electron chi connectivity index (χ4n) is 1.05. The molecule has 0 aromatic heterocycles.